The van der Waals surface area contributed by atoms with Crippen LogP contribution in [0.1, 0.15) is 60.7 Å². The molecule has 0 aliphatic rings. The average molecular weight is 368 g/mol. The quantitative estimate of drug-likeness (QED) is 0.466. The van der Waals surface area contributed by atoms with Gasteiger partial charge in [-0.3, -0.25) is 4.79 Å². The normalized spacial score (nSPS) is 11.1. The number of hydrogen-bond acceptors (Lipinski definition) is 4. The summed E-state index contributed by atoms with van der Waals surface area (Å²) in [5.41, 5.74) is 2.22. The fraction of sp³-hybridized carbons (Fsp3) is 0.348. The smallest absolute Gasteiger partial charge is 0.185 e. The average Bonchev–Trinajstić information content (AvgIpc) is 2.68. The molecule has 0 spiro atoms. The number of phenolic OH excluding ortho intramolecular Hbond substituents is 2. The van der Waals surface area contributed by atoms with Crippen LogP contribution in [0.25, 0.3) is 6.08 Å². The lowest BCUT2D eigenvalue weighted by atomic mass is 9.94. The van der Waals surface area contributed by atoms with Crippen molar-refractivity contribution >= 4 is 11.9 Å². The first-order valence-corrected chi connectivity index (χ1v) is 9.54. The molecule has 0 aliphatic carbocycles. The molecule has 4 heteroatoms. The molecule has 0 atom stereocenters. The highest BCUT2D eigenvalue weighted by Crippen LogP contribution is 2.44. The number of hydrogen-bond donors (Lipinski definition) is 2. The van der Waals surface area contributed by atoms with Gasteiger partial charge in [0.2, 0.25) is 0 Å². The highest BCUT2D eigenvalue weighted by atomic mass is 16.5. The van der Waals surface area contributed by atoms with E-state index in [0.29, 0.717) is 47.5 Å². The molecule has 0 heterocycles. The Kier molecular flexibility index (Phi) is 7.47. The second-order valence-corrected chi connectivity index (χ2v) is 6.39. The third-order valence-electron chi connectivity index (χ3n) is 4.38. The minimum Gasteiger partial charge on any atom is -0.507 e. The van der Waals surface area contributed by atoms with Gasteiger partial charge in [0.25, 0.3) is 0 Å². The van der Waals surface area contributed by atoms with Crippen LogP contribution < -0.4 is 4.74 Å². The fourth-order valence-electron chi connectivity index (χ4n) is 3.12. The second kappa shape index (κ2) is 9.81. The summed E-state index contributed by atoms with van der Waals surface area (Å²) in [6.07, 6.45) is 5.82. The lowest BCUT2D eigenvalue weighted by molar-refractivity contribution is 0.104. The van der Waals surface area contributed by atoms with Crippen LogP contribution in [-0.2, 0) is 12.8 Å². The van der Waals surface area contributed by atoms with Crippen LogP contribution in [0, 0.1) is 0 Å². The molecule has 0 bridgehead atoms. The molecule has 0 saturated heterocycles. The summed E-state index contributed by atoms with van der Waals surface area (Å²) in [4.78, 5) is 12.4. The van der Waals surface area contributed by atoms with E-state index < -0.39 is 0 Å². The van der Waals surface area contributed by atoms with Crippen molar-refractivity contribution < 1.29 is 19.7 Å². The number of ether oxygens (including phenoxy) is 1. The summed E-state index contributed by atoms with van der Waals surface area (Å²) in [6, 6.07) is 8.97. The van der Waals surface area contributed by atoms with Crippen LogP contribution in [0.2, 0.25) is 0 Å². The number of rotatable bonds is 9. The van der Waals surface area contributed by atoms with Crippen molar-refractivity contribution in [3.63, 3.8) is 0 Å². The van der Waals surface area contributed by atoms with Gasteiger partial charge in [-0.1, -0.05) is 57.0 Å². The molecule has 0 aliphatic heterocycles. The number of phenols is 2. The van der Waals surface area contributed by atoms with Crippen molar-refractivity contribution in [2.24, 2.45) is 0 Å². The molecule has 0 saturated carbocycles. The van der Waals surface area contributed by atoms with Crippen LogP contribution >= 0.6 is 0 Å². The van der Waals surface area contributed by atoms with Gasteiger partial charge in [0, 0.05) is 16.7 Å². The number of carbonyl (C=O) groups excluding carboxylic acids is 1. The van der Waals surface area contributed by atoms with E-state index in [1.165, 1.54) is 6.08 Å². The second-order valence-electron chi connectivity index (χ2n) is 6.39. The zero-order valence-electron chi connectivity index (χ0n) is 16.3. The van der Waals surface area contributed by atoms with Crippen LogP contribution in [-0.4, -0.2) is 22.6 Å². The number of ketones is 1. The third-order valence-corrected chi connectivity index (χ3v) is 4.38. The van der Waals surface area contributed by atoms with E-state index in [2.05, 4.69) is 0 Å². The first-order chi connectivity index (χ1) is 13.0. The van der Waals surface area contributed by atoms with Crippen LogP contribution in [0.4, 0.5) is 0 Å². The zero-order chi connectivity index (χ0) is 19.8. The lowest BCUT2D eigenvalue weighted by Crippen LogP contribution is -2.03. The molecule has 0 unspecified atom stereocenters. The van der Waals surface area contributed by atoms with E-state index in [-0.39, 0.29) is 17.3 Å². The summed E-state index contributed by atoms with van der Waals surface area (Å²) in [5, 5.41) is 21.5. The first kappa shape index (κ1) is 20.6. The summed E-state index contributed by atoms with van der Waals surface area (Å²) >= 11 is 0. The molecule has 2 aromatic carbocycles. The third kappa shape index (κ3) is 4.70. The van der Waals surface area contributed by atoms with Crippen molar-refractivity contribution in [2.45, 2.75) is 46.5 Å². The Hall–Kier alpha value is -2.75. The van der Waals surface area contributed by atoms with Gasteiger partial charge in [-0.25, -0.2) is 0 Å². The molecular formula is C23H28O4. The van der Waals surface area contributed by atoms with Crippen molar-refractivity contribution in [1.29, 1.82) is 0 Å². The molecule has 2 aromatic rings. The Morgan fingerprint density at radius 1 is 0.963 bits per heavy atom. The first-order valence-electron chi connectivity index (χ1n) is 9.54. The number of aromatic hydroxyl groups is 2. The molecule has 4 nitrogen and oxygen atoms in total. The molecule has 0 amide bonds. The standard InChI is InChI=1S/C23H28O4/c1-4-10-17-21(25)18(11-5-2)23(27-6-3)19(22(17)26)14-15-20(24)16-12-8-7-9-13-16/h7-9,12-15,25-26H,4-6,10-11H2,1-3H3. The van der Waals surface area contributed by atoms with Gasteiger partial charge in [0.15, 0.2) is 5.78 Å². The van der Waals surface area contributed by atoms with Gasteiger partial charge < -0.3 is 14.9 Å². The van der Waals surface area contributed by atoms with Crippen LogP contribution in [0.5, 0.6) is 17.2 Å². The van der Waals surface area contributed by atoms with Gasteiger partial charge in [0.1, 0.15) is 17.2 Å². The molecule has 0 fully saturated rings. The SMILES string of the molecule is CCCc1c(O)c(C=CC(=O)c2ccccc2)c(OCC)c(CCC)c1O. The minimum absolute atomic E-state index is 0.0187. The van der Waals surface area contributed by atoms with Crippen molar-refractivity contribution in [3.8, 4) is 17.2 Å². The molecule has 144 valence electrons. The Morgan fingerprint density at radius 2 is 1.59 bits per heavy atom. The summed E-state index contributed by atoms with van der Waals surface area (Å²) in [5.74, 6) is 0.381. The summed E-state index contributed by atoms with van der Waals surface area (Å²) in [7, 11) is 0. The van der Waals surface area contributed by atoms with E-state index in [1.807, 2.05) is 39.0 Å². The van der Waals surface area contributed by atoms with Crippen molar-refractivity contribution in [3.05, 3.63) is 58.7 Å². The maximum Gasteiger partial charge on any atom is 0.185 e. The van der Waals surface area contributed by atoms with Gasteiger partial charge >= 0.3 is 0 Å². The predicted molar refractivity (Wildman–Crippen MR) is 109 cm³/mol. The van der Waals surface area contributed by atoms with E-state index in [9.17, 15) is 15.0 Å². The van der Waals surface area contributed by atoms with E-state index in [0.717, 1.165) is 12.8 Å². The molecule has 0 aromatic heterocycles. The van der Waals surface area contributed by atoms with Crippen molar-refractivity contribution in [1.82, 2.24) is 0 Å². The number of allylic oxidation sites excluding steroid dienone is 1. The molecule has 2 rings (SSSR count). The lowest BCUT2D eigenvalue weighted by Gasteiger charge is -2.19. The molecule has 2 N–H and O–H groups in total. The maximum absolute atomic E-state index is 12.4. The topological polar surface area (TPSA) is 66.8 Å². The zero-order valence-corrected chi connectivity index (χ0v) is 16.3. The van der Waals surface area contributed by atoms with Gasteiger partial charge in [-0.15, -0.1) is 0 Å². The Labute approximate surface area is 161 Å². The minimum atomic E-state index is -0.153. The summed E-state index contributed by atoms with van der Waals surface area (Å²) in [6.45, 7) is 6.27. The monoisotopic (exact) mass is 368 g/mol. The van der Waals surface area contributed by atoms with Crippen LogP contribution in [0.15, 0.2) is 36.4 Å². The maximum atomic E-state index is 12.4. The van der Waals surface area contributed by atoms with Gasteiger partial charge in [-0.2, -0.15) is 0 Å². The van der Waals surface area contributed by atoms with Gasteiger partial charge in [-0.05, 0) is 31.9 Å². The largest absolute Gasteiger partial charge is 0.507 e. The van der Waals surface area contributed by atoms with Crippen LogP contribution in [0.3, 0.4) is 0 Å². The fourth-order valence-corrected chi connectivity index (χ4v) is 3.12. The van der Waals surface area contributed by atoms with E-state index >= 15 is 0 Å². The molecular weight excluding hydrogens is 340 g/mol. The highest BCUT2D eigenvalue weighted by Gasteiger charge is 2.22. The molecule has 27 heavy (non-hydrogen) atoms. The summed E-state index contributed by atoms with van der Waals surface area (Å²) < 4.78 is 5.77. The van der Waals surface area contributed by atoms with Gasteiger partial charge in [0.05, 0.1) is 12.2 Å². The van der Waals surface area contributed by atoms with E-state index in [4.69, 9.17) is 4.74 Å². The molecule has 0 radical (unpaired) electrons. The number of carbonyl (C=O) groups is 1. The Bertz CT molecular complexity index is 807. The van der Waals surface area contributed by atoms with Crippen molar-refractivity contribution in [2.75, 3.05) is 6.61 Å². The highest BCUT2D eigenvalue weighted by molar-refractivity contribution is 6.07. The number of benzene rings is 2. The predicted octanol–water partition coefficient (Wildman–Crippen LogP) is 5.30. The Morgan fingerprint density at radius 3 is 2.19 bits per heavy atom. The Balaban J connectivity index is 2.58. The van der Waals surface area contributed by atoms with E-state index in [1.54, 1.807) is 18.2 Å².